The maximum absolute atomic E-state index is 12.7. The molecule has 2 aromatic rings. The molecule has 0 radical (unpaired) electrons. The van der Waals surface area contributed by atoms with Gasteiger partial charge in [0.25, 0.3) is 0 Å². The highest BCUT2D eigenvalue weighted by molar-refractivity contribution is 7.10. The highest BCUT2D eigenvalue weighted by Crippen LogP contribution is 2.36. The normalized spacial score (nSPS) is 16.3. The van der Waals surface area contributed by atoms with Crippen molar-refractivity contribution in [1.29, 1.82) is 0 Å². The molecule has 6 nitrogen and oxygen atoms in total. The number of para-hydroxylation sites is 1. The average Bonchev–Trinajstić information content (AvgIpc) is 3.33. The average molecular weight is 388 g/mol. The van der Waals surface area contributed by atoms with E-state index in [-0.39, 0.29) is 18.9 Å². The van der Waals surface area contributed by atoms with Gasteiger partial charge >= 0.3 is 6.03 Å². The zero-order valence-corrected chi connectivity index (χ0v) is 16.6. The number of hydrogen-bond acceptors (Lipinski definition) is 5. The van der Waals surface area contributed by atoms with Crippen LogP contribution < -0.4 is 14.8 Å². The molecule has 0 aliphatic carbocycles. The first-order chi connectivity index (χ1) is 13.1. The minimum Gasteiger partial charge on any atom is -0.454 e. The number of fused-ring (bicyclic) bond motifs is 2. The van der Waals surface area contributed by atoms with Crippen LogP contribution in [0.15, 0.2) is 29.6 Å². The quantitative estimate of drug-likeness (QED) is 0.857. The van der Waals surface area contributed by atoms with E-state index >= 15 is 0 Å². The van der Waals surface area contributed by atoms with Gasteiger partial charge in [0.2, 0.25) is 6.79 Å². The molecule has 1 aromatic carbocycles. The summed E-state index contributed by atoms with van der Waals surface area (Å²) < 4.78 is 11.1. The second-order valence-electron chi connectivity index (χ2n) is 7.20. The maximum Gasteiger partial charge on any atom is 0.317 e. The number of nitrogens with one attached hydrogen (secondary N) is 1. The van der Waals surface area contributed by atoms with Crippen molar-refractivity contribution < 1.29 is 14.3 Å². The van der Waals surface area contributed by atoms with Crippen molar-refractivity contribution in [3.8, 4) is 11.5 Å². The van der Waals surface area contributed by atoms with Crippen LogP contribution in [-0.4, -0.2) is 55.9 Å². The van der Waals surface area contributed by atoms with Gasteiger partial charge in [-0.2, -0.15) is 0 Å². The Bertz CT molecular complexity index is 821. The number of benzene rings is 1. The third kappa shape index (κ3) is 3.89. The second-order valence-corrected chi connectivity index (χ2v) is 8.20. The number of thiophene rings is 1. The Morgan fingerprint density at radius 2 is 2.22 bits per heavy atom. The molecule has 1 unspecified atom stereocenters. The number of carbonyl (C=O) groups is 1. The lowest BCUT2D eigenvalue weighted by molar-refractivity contribution is 0.172. The van der Waals surface area contributed by atoms with E-state index in [4.69, 9.17) is 9.47 Å². The lowest BCUT2D eigenvalue weighted by Gasteiger charge is -2.30. The van der Waals surface area contributed by atoms with Gasteiger partial charge in [-0.25, -0.2) is 4.79 Å². The Hall–Kier alpha value is -2.25. The monoisotopic (exact) mass is 387 g/mol. The van der Waals surface area contributed by atoms with Gasteiger partial charge in [0.15, 0.2) is 11.5 Å². The predicted molar refractivity (Wildman–Crippen MR) is 106 cm³/mol. The lowest BCUT2D eigenvalue weighted by atomic mass is 10.0. The summed E-state index contributed by atoms with van der Waals surface area (Å²) in [7, 11) is 4.08. The molecule has 0 bridgehead atoms. The van der Waals surface area contributed by atoms with Gasteiger partial charge in [-0.05, 0) is 55.6 Å². The molecule has 0 spiro atoms. The van der Waals surface area contributed by atoms with Gasteiger partial charge in [-0.1, -0.05) is 12.1 Å². The first-order valence-electron chi connectivity index (χ1n) is 9.23. The fourth-order valence-corrected chi connectivity index (χ4v) is 4.47. The number of rotatable bonds is 5. The van der Waals surface area contributed by atoms with E-state index in [0.29, 0.717) is 13.1 Å². The smallest absolute Gasteiger partial charge is 0.317 e. The number of likely N-dealkylation sites (N-methyl/N-ethyl adjacent to an activating group) is 1. The zero-order valence-electron chi connectivity index (χ0n) is 15.7. The lowest BCUT2D eigenvalue weighted by Crippen LogP contribution is -2.47. The Kier molecular flexibility index (Phi) is 5.22. The van der Waals surface area contributed by atoms with E-state index in [1.54, 1.807) is 11.3 Å². The molecule has 144 valence electrons. The summed E-state index contributed by atoms with van der Waals surface area (Å²) in [4.78, 5) is 18.1. The SMILES string of the molecule is CN(C)C(CNC(=O)N1CCc2sccc2C1)Cc1cccc2c1OCO2. The minimum absolute atomic E-state index is 0.0107. The summed E-state index contributed by atoms with van der Waals surface area (Å²) in [6.07, 6.45) is 1.74. The molecule has 0 saturated carbocycles. The van der Waals surface area contributed by atoms with Gasteiger partial charge in [0.05, 0.1) is 0 Å². The number of carbonyl (C=O) groups excluding carboxylic acids is 1. The number of nitrogens with zero attached hydrogens (tertiary/aromatic N) is 2. The van der Waals surface area contributed by atoms with Crippen LogP contribution in [-0.2, 0) is 19.4 Å². The topological polar surface area (TPSA) is 54.0 Å². The van der Waals surface area contributed by atoms with E-state index in [2.05, 4.69) is 27.7 Å². The van der Waals surface area contributed by atoms with Gasteiger partial charge in [0.1, 0.15) is 0 Å². The molecule has 2 aliphatic heterocycles. The number of amides is 2. The van der Waals surface area contributed by atoms with Crippen molar-refractivity contribution in [2.24, 2.45) is 0 Å². The summed E-state index contributed by atoms with van der Waals surface area (Å²) in [5, 5.41) is 5.23. The Morgan fingerprint density at radius 3 is 3.07 bits per heavy atom. The number of urea groups is 1. The first-order valence-corrected chi connectivity index (χ1v) is 10.1. The summed E-state index contributed by atoms with van der Waals surface area (Å²) in [5.41, 5.74) is 2.39. The van der Waals surface area contributed by atoms with Crippen LogP contribution in [0.1, 0.15) is 16.0 Å². The Labute approximate surface area is 163 Å². The second kappa shape index (κ2) is 7.78. The summed E-state index contributed by atoms with van der Waals surface area (Å²) in [6, 6.07) is 8.28. The van der Waals surface area contributed by atoms with Crippen LogP contribution in [0.2, 0.25) is 0 Å². The van der Waals surface area contributed by atoms with Gasteiger partial charge < -0.3 is 24.6 Å². The fraction of sp³-hybridized carbons (Fsp3) is 0.450. The zero-order chi connectivity index (χ0) is 18.8. The standard InChI is InChI=1S/C20H25N3O3S/c1-22(2)16(10-14-4-3-5-17-19(14)26-13-25-17)11-21-20(24)23-8-6-18-15(12-23)7-9-27-18/h3-5,7,9,16H,6,8,10-13H2,1-2H3,(H,21,24). The first kappa shape index (κ1) is 18.1. The largest absolute Gasteiger partial charge is 0.454 e. The minimum atomic E-state index is 0.0107. The van der Waals surface area contributed by atoms with Crippen molar-refractivity contribution in [3.05, 3.63) is 45.6 Å². The van der Waals surface area contributed by atoms with Crippen LogP contribution in [0.4, 0.5) is 4.79 Å². The molecule has 2 amide bonds. The molecule has 0 fully saturated rings. The Balaban J connectivity index is 1.37. The van der Waals surface area contributed by atoms with Gasteiger partial charge in [-0.3, -0.25) is 0 Å². The van der Waals surface area contributed by atoms with Crippen LogP contribution in [0.3, 0.4) is 0 Å². The van der Waals surface area contributed by atoms with E-state index in [1.807, 2.05) is 31.1 Å². The highest BCUT2D eigenvalue weighted by atomic mass is 32.1. The highest BCUT2D eigenvalue weighted by Gasteiger charge is 2.24. The molecular weight excluding hydrogens is 362 g/mol. The van der Waals surface area contributed by atoms with Crippen LogP contribution in [0.5, 0.6) is 11.5 Å². The molecule has 0 saturated heterocycles. The molecule has 27 heavy (non-hydrogen) atoms. The fourth-order valence-electron chi connectivity index (χ4n) is 3.58. The molecule has 7 heteroatoms. The molecule has 1 atom stereocenters. The van der Waals surface area contributed by atoms with Gasteiger partial charge in [-0.15, -0.1) is 11.3 Å². The van der Waals surface area contributed by atoms with E-state index < -0.39 is 0 Å². The maximum atomic E-state index is 12.7. The third-order valence-electron chi connectivity index (χ3n) is 5.25. The van der Waals surface area contributed by atoms with Gasteiger partial charge in [0, 0.05) is 30.6 Å². The predicted octanol–water partition coefficient (Wildman–Crippen LogP) is 2.72. The van der Waals surface area contributed by atoms with Crippen molar-refractivity contribution in [3.63, 3.8) is 0 Å². The molecule has 4 rings (SSSR count). The van der Waals surface area contributed by atoms with E-state index in [0.717, 1.165) is 36.4 Å². The molecule has 1 N–H and O–H groups in total. The summed E-state index contributed by atoms with van der Waals surface area (Å²) in [6.45, 7) is 2.34. The summed E-state index contributed by atoms with van der Waals surface area (Å²) in [5.74, 6) is 1.63. The third-order valence-corrected chi connectivity index (χ3v) is 6.27. The van der Waals surface area contributed by atoms with E-state index in [1.165, 1.54) is 10.4 Å². The van der Waals surface area contributed by atoms with Crippen molar-refractivity contribution in [2.45, 2.75) is 25.4 Å². The van der Waals surface area contributed by atoms with Crippen LogP contribution >= 0.6 is 11.3 Å². The van der Waals surface area contributed by atoms with Crippen molar-refractivity contribution in [1.82, 2.24) is 15.1 Å². The van der Waals surface area contributed by atoms with Crippen LogP contribution in [0, 0.1) is 0 Å². The molecular formula is C20H25N3O3S. The molecule has 1 aromatic heterocycles. The summed E-state index contributed by atoms with van der Waals surface area (Å²) >= 11 is 1.79. The molecule has 3 heterocycles. The Morgan fingerprint density at radius 1 is 1.33 bits per heavy atom. The van der Waals surface area contributed by atoms with E-state index in [9.17, 15) is 4.79 Å². The van der Waals surface area contributed by atoms with Crippen molar-refractivity contribution in [2.75, 3.05) is 34.0 Å². The van der Waals surface area contributed by atoms with Crippen molar-refractivity contribution >= 4 is 17.4 Å². The van der Waals surface area contributed by atoms with Crippen LogP contribution in [0.25, 0.3) is 0 Å². The number of hydrogen-bond donors (Lipinski definition) is 1. The molecule has 2 aliphatic rings. The number of ether oxygens (including phenoxy) is 2.